The van der Waals surface area contributed by atoms with E-state index in [1.165, 1.54) is 11.1 Å². The van der Waals surface area contributed by atoms with Crippen LogP contribution in [0.15, 0.2) is 30.6 Å². The van der Waals surface area contributed by atoms with Gasteiger partial charge in [0.1, 0.15) is 0 Å². The predicted octanol–water partition coefficient (Wildman–Crippen LogP) is 3.36. The van der Waals surface area contributed by atoms with E-state index in [9.17, 15) is 0 Å². The first-order chi connectivity index (χ1) is 10.1. The first-order valence-electron chi connectivity index (χ1n) is 7.44. The van der Waals surface area contributed by atoms with Crippen LogP contribution >= 0.6 is 0 Å². The van der Waals surface area contributed by atoms with Gasteiger partial charge in [0.05, 0.1) is 18.1 Å². The maximum absolute atomic E-state index is 4.52. The van der Waals surface area contributed by atoms with Crippen LogP contribution in [0.3, 0.4) is 0 Å². The van der Waals surface area contributed by atoms with Crippen LogP contribution in [0.5, 0.6) is 0 Å². The van der Waals surface area contributed by atoms with Crippen LogP contribution in [0, 0.1) is 13.8 Å². The summed E-state index contributed by atoms with van der Waals surface area (Å²) in [5, 5.41) is 3.33. The normalized spacial score (nSPS) is 10.7. The van der Waals surface area contributed by atoms with Crippen LogP contribution in [-0.4, -0.2) is 23.6 Å². The van der Waals surface area contributed by atoms with Crippen molar-refractivity contribution >= 4 is 11.5 Å². The Morgan fingerprint density at radius 1 is 1.05 bits per heavy atom. The molecule has 0 saturated heterocycles. The molecule has 1 heterocycles. The van der Waals surface area contributed by atoms with Crippen LogP contribution in [-0.2, 0) is 6.54 Å². The number of benzene rings is 1. The molecular weight excluding hydrogens is 260 g/mol. The molecule has 1 aromatic carbocycles. The van der Waals surface area contributed by atoms with Crippen molar-refractivity contribution in [3.05, 3.63) is 47.4 Å². The first-order valence-corrected chi connectivity index (χ1v) is 7.44. The average Bonchev–Trinajstić information content (AvgIpc) is 2.46. The second kappa shape index (κ2) is 7.18. The third kappa shape index (κ3) is 4.26. The van der Waals surface area contributed by atoms with Gasteiger partial charge in [-0.3, -0.25) is 4.98 Å². The lowest BCUT2D eigenvalue weighted by Gasteiger charge is -2.19. The van der Waals surface area contributed by atoms with Crippen molar-refractivity contribution in [3.8, 4) is 0 Å². The standard InChI is InChI=1S/C17H24N4/c1-5-6-18-10-15-11-20-17(12-19-15)21(4)16-8-13(2)7-14(3)9-16/h7-9,11-12,18H,5-6,10H2,1-4H3. The van der Waals surface area contributed by atoms with Crippen molar-refractivity contribution in [2.24, 2.45) is 0 Å². The van der Waals surface area contributed by atoms with E-state index in [1.54, 1.807) is 0 Å². The molecule has 0 radical (unpaired) electrons. The number of nitrogens with one attached hydrogen (secondary N) is 1. The van der Waals surface area contributed by atoms with E-state index >= 15 is 0 Å². The third-order valence-electron chi connectivity index (χ3n) is 3.36. The highest BCUT2D eigenvalue weighted by Crippen LogP contribution is 2.23. The minimum Gasteiger partial charge on any atom is -0.328 e. The summed E-state index contributed by atoms with van der Waals surface area (Å²) >= 11 is 0. The van der Waals surface area contributed by atoms with Gasteiger partial charge in [0.25, 0.3) is 0 Å². The minimum absolute atomic E-state index is 0.772. The van der Waals surface area contributed by atoms with E-state index < -0.39 is 0 Å². The molecule has 112 valence electrons. The number of hydrogen-bond donors (Lipinski definition) is 1. The molecule has 1 aromatic heterocycles. The SMILES string of the molecule is CCCNCc1cnc(N(C)c2cc(C)cc(C)c2)cn1. The highest BCUT2D eigenvalue weighted by atomic mass is 15.2. The summed E-state index contributed by atoms with van der Waals surface area (Å²) in [5.41, 5.74) is 4.62. The smallest absolute Gasteiger partial charge is 0.151 e. The zero-order valence-corrected chi connectivity index (χ0v) is 13.3. The van der Waals surface area contributed by atoms with E-state index in [4.69, 9.17) is 0 Å². The fourth-order valence-electron chi connectivity index (χ4n) is 2.28. The van der Waals surface area contributed by atoms with E-state index in [0.717, 1.165) is 36.7 Å². The number of aryl methyl sites for hydroxylation is 2. The average molecular weight is 284 g/mol. The van der Waals surface area contributed by atoms with Gasteiger partial charge in [-0.05, 0) is 50.1 Å². The lowest BCUT2D eigenvalue weighted by Crippen LogP contribution is -2.16. The molecule has 0 aliphatic rings. The zero-order valence-electron chi connectivity index (χ0n) is 13.3. The van der Waals surface area contributed by atoms with Crippen LogP contribution in [0.4, 0.5) is 11.5 Å². The van der Waals surface area contributed by atoms with E-state index in [1.807, 2.05) is 19.4 Å². The highest BCUT2D eigenvalue weighted by Gasteiger charge is 2.07. The van der Waals surface area contributed by atoms with Gasteiger partial charge in [0.2, 0.25) is 0 Å². The van der Waals surface area contributed by atoms with Gasteiger partial charge >= 0.3 is 0 Å². The van der Waals surface area contributed by atoms with Crippen molar-refractivity contribution in [1.29, 1.82) is 0 Å². The molecule has 0 unspecified atom stereocenters. The summed E-state index contributed by atoms with van der Waals surface area (Å²) in [4.78, 5) is 11.1. The molecule has 0 aliphatic heterocycles. The fourth-order valence-corrected chi connectivity index (χ4v) is 2.28. The molecule has 4 nitrogen and oxygen atoms in total. The summed E-state index contributed by atoms with van der Waals surface area (Å²) in [5.74, 6) is 0.860. The van der Waals surface area contributed by atoms with Crippen LogP contribution in [0.25, 0.3) is 0 Å². The molecule has 0 aliphatic carbocycles. The summed E-state index contributed by atoms with van der Waals surface area (Å²) in [6, 6.07) is 6.49. The van der Waals surface area contributed by atoms with Crippen LogP contribution in [0.2, 0.25) is 0 Å². The second-order valence-electron chi connectivity index (χ2n) is 5.45. The number of aromatic nitrogens is 2. The van der Waals surface area contributed by atoms with Gasteiger partial charge in [-0.2, -0.15) is 0 Å². The Morgan fingerprint density at radius 3 is 2.33 bits per heavy atom. The Balaban J connectivity index is 2.10. The molecule has 0 atom stereocenters. The molecule has 2 aromatic rings. The van der Waals surface area contributed by atoms with Crippen molar-refractivity contribution in [2.75, 3.05) is 18.5 Å². The summed E-state index contributed by atoms with van der Waals surface area (Å²) in [6.07, 6.45) is 4.80. The zero-order chi connectivity index (χ0) is 15.2. The predicted molar refractivity (Wildman–Crippen MR) is 88.0 cm³/mol. The quantitative estimate of drug-likeness (QED) is 0.826. The van der Waals surface area contributed by atoms with E-state index in [0.29, 0.717) is 0 Å². The van der Waals surface area contributed by atoms with Crippen LogP contribution < -0.4 is 10.2 Å². The van der Waals surface area contributed by atoms with Crippen molar-refractivity contribution in [2.45, 2.75) is 33.7 Å². The van der Waals surface area contributed by atoms with Crippen molar-refractivity contribution < 1.29 is 0 Å². The summed E-state index contributed by atoms with van der Waals surface area (Å²) < 4.78 is 0. The lowest BCUT2D eigenvalue weighted by molar-refractivity contribution is 0.662. The molecule has 21 heavy (non-hydrogen) atoms. The Bertz CT molecular complexity index is 558. The molecule has 0 fully saturated rings. The number of anilines is 2. The maximum atomic E-state index is 4.52. The van der Waals surface area contributed by atoms with Crippen molar-refractivity contribution in [3.63, 3.8) is 0 Å². The Hall–Kier alpha value is -1.94. The molecule has 1 N–H and O–H groups in total. The molecule has 0 spiro atoms. The fraction of sp³-hybridized carbons (Fsp3) is 0.412. The summed E-state index contributed by atoms with van der Waals surface area (Å²) in [6.45, 7) is 8.15. The van der Waals surface area contributed by atoms with E-state index in [-0.39, 0.29) is 0 Å². The van der Waals surface area contributed by atoms with Gasteiger partial charge in [-0.15, -0.1) is 0 Å². The molecule has 0 amide bonds. The Labute approximate surface area is 127 Å². The largest absolute Gasteiger partial charge is 0.328 e. The Kier molecular flexibility index (Phi) is 5.28. The molecule has 4 heteroatoms. The minimum atomic E-state index is 0.772. The third-order valence-corrected chi connectivity index (χ3v) is 3.36. The van der Waals surface area contributed by atoms with Crippen LogP contribution in [0.1, 0.15) is 30.2 Å². The topological polar surface area (TPSA) is 41.1 Å². The number of rotatable bonds is 6. The van der Waals surface area contributed by atoms with Gasteiger partial charge in [-0.25, -0.2) is 4.98 Å². The number of hydrogen-bond acceptors (Lipinski definition) is 4. The Morgan fingerprint density at radius 2 is 1.76 bits per heavy atom. The van der Waals surface area contributed by atoms with Gasteiger partial charge in [-0.1, -0.05) is 13.0 Å². The molecular formula is C17H24N4. The summed E-state index contributed by atoms with van der Waals surface area (Å²) in [7, 11) is 2.02. The second-order valence-corrected chi connectivity index (χ2v) is 5.45. The monoisotopic (exact) mass is 284 g/mol. The van der Waals surface area contributed by atoms with Gasteiger partial charge < -0.3 is 10.2 Å². The first kappa shape index (κ1) is 15.4. The molecule has 2 rings (SSSR count). The lowest BCUT2D eigenvalue weighted by atomic mass is 10.1. The molecule has 0 saturated carbocycles. The maximum Gasteiger partial charge on any atom is 0.151 e. The van der Waals surface area contributed by atoms with E-state index in [2.05, 4.69) is 59.2 Å². The van der Waals surface area contributed by atoms with Gasteiger partial charge in [0.15, 0.2) is 5.82 Å². The highest BCUT2D eigenvalue weighted by molar-refractivity contribution is 5.60. The van der Waals surface area contributed by atoms with Crippen molar-refractivity contribution in [1.82, 2.24) is 15.3 Å². The van der Waals surface area contributed by atoms with Gasteiger partial charge in [0, 0.05) is 19.3 Å². The number of nitrogens with zero attached hydrogens (tertiary/aromatic N) is 3. The molecule has 0 bridgehead atoms.